The second-order valence-corrected chi connectivity index (χ2v) is 2.67. The normalized spacial score (nSPS) is 10.2. The van der Waals surface area contributed by atoms with Crippen LogP contribution in [0.1, 0.15) is 0 Å². The van der Waals surface area contributed by atoms with E-state index in [4.69, 9.17) is 10.5 Å². The molecule has 0 spiro atoms. The summed E-state index contributed by atoms with van der Waals surface area (Å²) in [6.45, 7) is 0.193. The van der Waals surface area contributed by atoms with Gasteiger partial charge >= 0.3 is 0 Å². The molecule has 1 aromatic carbocycles. The van der Waals surface area contributed by atoms with E-state index in [1.807, 2.05) is 30.3 Å². The van der Waals surface area contributed by atoms with Crippen LogP contribution in [0.3, 0.4) is 0 Å². The number of nitrogens with zero attached hydrogens (tertiary/aromatic N) is 1. The molecule has 0 saturated carbocycles. The summed E-state index contributed by atoms with van der Waals surface area (Å²) in [5.41, 5.74) is 6.19. The second-order valence-electron chi connectivity index (χ2n) is 2.67. The summed E-state index contributed by atoms with van der Waals surface area (Å²) in [6, 6.07) is 9.65. The third-order valence-electron chi connectivity index (χ3n) is 1.83. The lowest BCUT2D eigenvalue weighted by Crippen LogP contribution is -2.07. The lowest BCUT2D eigenvalue weighted by Gasteiger charge is -2.02. The van der Waals surface area contributed by atoms with Gasteiger partial charge in [-0.15, -0.1) is 0 Å². The fraction of sp³-hybridized carbons (Fsp3) is 0.100. The first-order valence-electron chi connectivity index (χ1n) is 4.08. The summed E-state index contributed by atoms with van der Waals surface area (Å²) in [7, 11) is 0. The molecule has 2 rings (SSSR count). The minimum Gasteiger partial charge on any atom is -0.479 e. The SMILES string of the molecule is NCOc1ccc2cccnc2c1. The van der Waals surface area contributed by atoms with Crippen molar-refractivity contribution in [3.05, 3.63) is 36.5 Å². The first-order chi connectivity index (χ1) is 6.40. The minimum absolute atomic E-state index is 0.193. The first kappa shape index (κ1) is 8.01. The van der Waals surface area contributed by atoms with Gasteiger partial charge in [0.05, 0.1) is 5.52 Å². The fourth-order valence-corrected chi connectivity index (χ4v) is 1.23. The Morgan fingerprint density at radius 3 is 3.08 bits per heavy atom. The quantitative estimate of drug-likeness (QED) is 0.702. The van der Waals surface area contributed by atoms with E-state index in [9.17, 15) is 0 Å². The summed E-state index contributed by atoms with van der Waals surface area (Å²) in [5.74, 6) is 0.758. The van der Waals surface area contributed by atoms with Crippen molar-refractivity contribution in [3.8, 4) is 5.75 Å². The van der Waals surface area contributed by atoms with Crippen molar-refractivity contribution in [2.45, 2.75) is 0 Å². The van der Waals surface area contributed by atoms with Gasteiger partial charge in [-0.3, -0.25) is 10.7 Å². The molecule has 0 fully saturated rings. The molecule has 3 heteroatoms. The van der Waals surface area contributed by atoms with Gasteiger partial charge in [-0.1, -0.05) is 6.07 Å². The molecular weight excluding hydrogens is 164 g/mol. The highest BCUT2D eigenvalue weighted by Crippen LogP contribution is 2.17. The predicted molar refractivity (Wildman–Crippen MR) is 51.4 cm³/mol. The lowest BCUT2D eigenvalue weighted by atomic mass is 10.2. The zero-order chi connectivity index (χ0) is 9.10. The van der Waals surface area contributed by atoms with Crippen LogP contribution in [-0.4, -0.2) is 11.7 Å². The number of aromatic nitrogens is 1. The van der Waals surface area contributed by atoms with Gasteiger partial charge < -0.3 is 4.74 Å². The average Bonchev–Trinajstić information content (AvgIpc) is 2.18. The van der Waals surface area contributed by atoms with E-state index in [-0.39, 0.29) is 6.73 Å². The zero-order valence-corrected chi connectivity index (χ0v) is 7.10. The molecule has 0 atom stereocenters. The van der Waals surface area contributed by atoms with Crippen molar-refractivity contribution in [1.29, 1.82) is 0 Å². The molecule has 1 aromatic heterocycles. The van der Waals surface area contributed by atoms with E-state index in [2.05, 4.69) is 4.98 Å². The number of nitrogens with two attached hydrogens (primary N) is 1. The van der Waals surface area contributed by atoms with Gasteiger partial charge in [-0.25, -0.2) is 0 Å². The van der Waals surface area contributed by atoms with Gasteiger partial charge in [0.15, 0.2) is 0 Å². The van der Waals surface area contributed by atoms with Crippen LogP contribution in [0.2, 0.25) is 0 Å². The summed E-state index contributed by atoms with van der Waals surface area (Å²) in [4.78, 5) is 4.20. The Kier molecular flexibility index (Phi) is 2.10. The molecule has 0 saturated heterocycles. The largest absolute Gasteiger partial charge is 0.479 e. The van der Waals surface area contributed by atoms with Crippen LogP contribution in [0.15, 0.2) is 36.5 Å². The zero-order valence-electron chi connectivity index (χ0n) is 7.10. The molecule has 0 aliphatic rings. The Balaban J connectivity index is 2.49. The molecule has 0 bridgehead atoms. The van der Waals surface area contributed by atoms with Gasteiger partial charge in [-0.05, 0) is 18.2 Å². The Morgan fingerprint density at radius 2 is 2.23 bits per heavy atom. The van der Waals surface area contributed by atoms with Crippen molar-refractivity contribution in [2.24, 2.45) is 5.73 Å². The van der Waals surface area contributed by atoms with Crippen molar-refractivity contribution < 1.29 is 4.74 Å². The third-order valence-corrected chi connectivity index (χ3v) is 1.83. The maximum atomic E-state index is 5.26. The molecule has 2 aromatic rings. The Morgan fingerprint density at radius 1 is 1.31 bits per heavy atom. The van der Waals surface area contributed by atoms with Crippen LogP contribution >= 0.6 is 0 Å². The molecular formula is C10H10N2O. The van der Waals surface area contributed by atoms with Gasteiger partial charge in [0.25, 0.3) is 0 Å². The molecule has 0 aliphatic carbocycles. The summed E-state index contributed by atoms with van der Waals surface area (Å²) >= 11 is 0. The monoisotopic (exact) mass is 174 g/mol. The van der Waals surface area contributed by atoms with E-state index in [0.29, 0.717) is 0 Å². The van der Waals surface area contributed by atoms with E-state index in [0.717, 1.165) is 16.7 Å². The summed E-state index contributed by atoms with van der Waals surface area (Å²) < 4.78 is 5.15. The standard InChI is InChI=1S/C10H10N2O/c11-7-13-9-4-3-8-2-1-5-12-10(8)6-9/h1-6H,7,11H2. The Hall–Kier alpha value is -1.61. The number of hydrogen-bond donors (Lipinski definition) is 1. The molecule has 0 radical (unpaired) electrons. The van der Waals surface area contributed by atoms with E-state index >= 15 is 0 Å². The fourth-order valence-electron chi connectivity index (χ4n) is 1.23. The van der Waals surface area contributed by atoms with Crippen LogP contribution in [0.5, 0.6) is 5.75 Å². The van der Waals surface area contributed by atoms with Crippen molar-refractivity contribution in [1.82, 2.24) is 4.98 Å². The average molecular weight is 174 g/mol. The molecule has 1 heterocycles. The van der Waals surface area contributed by atoms with Crippen molar-refractivity contribution in [2.75, 3.05) is 6.73 Å². The number of ether oxygens (including phenoxy) is 1. The number of pyridine rings is 1. The smallest absolute Gasteiger partial charge is 0.137 e. The van der Waals surface area contributed by atoms with Crippen LogP contribution in [0.4, 0.5) is 0 Å². The van der Waals surface area contributed by atoms with Crippen LogP contribution < -0.4 is 10.5 Å². The Bertz CT molecular complexity index is 414. The second kappa shape index (κ2) is 3.41. The van der Waals surface area contributed by atoms with Gasteiger partial charge in [-0.2, -0.15) is 0 Å². The highest BCUT2D eigenvalue weighted by molar-refractivity contribution is 5.79. The minimum atomic E-state index is 0.193. The number of rotatable bonds is 2. The van der Waals surface area contributed by atoms with Crippen molar-refractivity contribution in [3.63, 3.8) is 0 Å². The molecule has 66 valence electrons. The van der Waals surface area contributed by atoms with Crippen LogP contribution in [0.25, 0.3) is 10.9 Å². The summed E-state index contributed by atoms with van der Waals surface area (Å²) in [6.07, 6.45) is 1.76. The predicted octanol–water partition coefficient (Wildman–Crippen LogP) is 1.53. The highest BCUT2D eigenvalue weighted by Gasteiger charge is 1.95. The molecule has 0 unspecified atom stereocenters. The number of hydrogen-bond acceptors (Lipinski definition) is 3. The molecule has 0 aliphatic heterocycles. The highest BCUT2D eigenvalue weighted by atomic mass is 16.5. The maximum Gasteiger partial charge on any atom is 0.137 e. The van der Waals surface area contributed by atoms with Gasteiger partial charge in [0.2, 0.25) is 0 Å². The third kappa shape index (κ3) is 1.60. The van der Waals surface area contributed by atoms with Crippen LogP contribution in [-0.2, 0) is 0 Å². The van der Waals surface area contributed by atoms with Gasteiger partial charge in [0.1, 0.15) is 12.5 Å². The molecule has 3 nitrogen and oxygen atoms in total. The molecule has 2 N–H and O–H groups in total. The number of fused-ring (bicyclic) bond motifs is 1. The molecule has 13 heavy (non-hydrogen) atoms. The first-order valence-corrected chi connectivity index (χ1v) is 4.08. The topological polar surface area (TPSA) is 48.1 Å². The Labute approximate surface area is 76.2 Å². The van der Waals surface area contributed by atoms with E-state index in [1.54, 1.807) is 6.20 Å². The van der Waals surface area contributed by atoms with Gasteiger partial charge in [0, 0.05) is 17.6 Å². The lowest BCUT2D eigenvalue weighted by molar-refractivity contribution is 0.330. The van der Waals surface area contributed by atoms with Crippen LogP contribution in [0, 0.1) is 0 Å². The van der Waals surface area contributed by atoms with E-state index < -0.39 is 0 Å². The van der Waals surface area contributed by atoms with E-state index in [1.165, 1.54) is 0 Å². The molecule has 0 amide bonds. The maximum absolute atomic E-state index is 5.26. The summed E-state index contributed by atoms with van der Waals surface area (Å²) in [5, 5.41) is 1.10. The van der Waals surface area contributed by atoms with Crippen molar-refractivity contribution >= 4 is 10.9 Å². The number of benzene rings is 1.